The van der Waals surface area contributed by atoms with Gasteiger partial charge in [-0.05, 0) is 32.1 Å². The molecule has 1 aliphatic carbocycles. The van der Waals surface area contributed by atoms with Gasteiger partial charge in [-0.2, -0.15) is 0 Å². The molecule has 2 saturated heterocycles. The lowest BCUT2D eigenvalue weighted by Crippen LogP contribution is -2.57. The van der Waals surface area contributed by atoms with Crippen molar-refractivity contribution in [3.05, 3.63) is 0 Å². The standard InChI is InChI=1S/C14H28N.H2O/c1-5-15(6-2)10-9-14(4)8-7-13(15)12(3)11-14;/h12-13H,5-11H2,1-4H3;1H2/q+1;/p-1. The van der Waals surface area contributed by atoms with Gasteiger partial charge in [0.05, 0.1) is 25.7 Å². The van der Waals surface area contributed by atoms with Crippen LogP contribution in [0.2, 0.25) is 0 Å². The molecule has 1 N–H and O–H groups in total. The summed E-state index contributed by atoms with van der Waals surface area (Å²) in [6.45, 7) is 14.0. The molecule has 0 spiro atoms. The van der Waals surface area contributed by atoms with Crippen molar-refractivity contribution in [2.45, 2.75) is 59.4 Å². The van der Waals surface area contributed by atoms with Gasteiger partial charge < -0.3 is 9.96 Å². The maximum atomic E-state index is 2.53. The van der Waals surface area contributed by atoms with E-state index >= 15 is 0 Å². The molecule has 2 aliphatic heterocycles. The van der Waals surface area contributed by atoms with E-state index in [0.29, 0.717) is 5.41 Å². The van der Waals surface area contributed by atoms with E-state index in [9.17, 15) is 0 Å². The third kappa shape index (κ3) is 2.02. The van der Waals surface area contributed by atoms with Crippen LogP contribution in [0.15, 0.2) is 0 Å². The first-order valence-corrected chi connectivity index (χ1v) is 6.91. The van der Waals surface area contributed by atoms with E-state index in [2.05, 4.69) is 27.7 Å². The normalized spacial score (nSPS) is 41.2. The fourth-order valence-corrected chi connectivity index (χ4v) is 4.50. The number of nitrogens with zero attached hydrogens (tertiary/aromatic N) is 1. The van der Waals surface area contributed by atoms with Crippen LogP contribution in [0.3, 0.4) is 0 Å². The summed E-state index contributed by atoms with van der Waals surface area (Å²) in [5.41, 5.74) is 0.681. The van der Waals surface area contributed by atoms with Gasteiger partial charge in [0, 0.05) is 18.8 Å². The number of hydrogen-bond donors (Lipinski definition) is 0. The Morgan fingerprint density at radius 3 is 2.31 bits per heavy atom. The Kier molecular flexibility index (Phi) is 4.07. The largest absolute Gasteiger partial charge is 0.870 e. The average Bonchev–Trinajstić information content (AvgIpc) is 2.42. The van der Waals surface area contributed by atoms with Crippen LogP contribution < -0.4 is 0 Å². The topological polar surface area (TPSA) is 30.0 Å². The van der Waals surface area contributed by atoms with Crippen LogP contribution in [0.4, 0.5) is 0 Å². The zero-order valence-electron chi connectivity index (χ0n) is 11.5. The van der Waals surface area contributed by atoms with Crippen LogP contribution in [0.1, 0.15) is 53.4 Å². The zero-order valence-corrected chi connectivity index (χ0v) is 11.5. The molecule has 2 bridgehead atoms. The average molecular weight is 227 g/mol. The second-order valence-corrected chi connectivity index (χ2v) is 6.42. The Morgan fingerprint density at radius 2 is 1.81 bits per heavy atom. The van der Waals surface area contributed by atoms with Crippen LogP contribution in [0, 0.1) is 11.3 Å². The first kappa shape index (κ1) is 14.0. The minimum Gasteiger partial charge on any atom is -0.870 e. The van der Waals surface area contributed by atoms with Crippen LogP contribution in [-0.4, -0.2) is 35.6 Å². The van der Waals surface area contributed by atoms with Crippen molar-refractivity contribution >= 4 is 0 Å². The minimum atomic E-state index is 0. The first-order chi connectivity index (χ1) is 7.05. The van der Waals surface area contributed by atoms with E-state index in [1.165, 1.54) is 49.8 Å². The molecule has 3 unspecified atom stereocenters. The fraction of sp³-hybridized carbons (Fsp3) is 1.00. The molecule has 1 saturated carbocycles. The Morgan fingerprint density at radius 1 is 1.19 bits per heavy atom. The Bertz CT molecular complexity index is 237. The van der Waals surface area contributed by atoms with Gasteiger partial charge in [-0.3, -0.25) is 0 Å². The second-order valence-electron chi connectivity index (χ2n) is 6.42. The Labute approximate surface area is 101 Å². The fourth-order valence-electron chi connectivity index (χ4n) is 4.50. The Hall–Kier alpha value is -0.0800. The van der Waals surface area contributed by atoms with Gasteiger partial charge in [-0.25, -0.2) is 0 Å². The summed E-state index contributed by atoms with van der Waals surface area (Å²) < 4.78 is 1.41. The monoisotopic (exact) mass is 227 g/mol. The maximum Gasteiger partial charge on any atom is 0.0916 e. The molecular weight excluding hydrogens is 198 g/mol. The third-order valence-electron chi connectivity index (χ3n) is 5.64. The number of fused-ring (bicyclic) bond motifs is 4. The molecule has 3 fully saturated rings. The van der Waals surface area contributed by atoms with Gasteiger partial charge in [0.1, 0.15) is 0 Å². The molecular formula is C14H29NO. The molecule has 3 rings (SSSR count). The molecule has 2 heterocycles. The summed E-state index contributed by atoms with van der Waals surface area (Å²) in [7, 11) is 0. The maximum absolute atomic E-state index is 2.53. The van der Waals surface area contributed by atoms with Gasteiger partial charge >= 0.3 is 0 Å². The molecule has 3 atom stereocenters. The molecule has 0 amide bonds. The molecule has 0 aromatic rings. The molecule has 0 aromatic heterocycles. The lowest BCUT2D eigenvalue weighted by molar-refractivity contribution is -0.950. The number of hydrogen-bond acceptors (Lipinski definition) is 1. The van der Waals surface area contributed by atoms with Gasteiger partial charge in [0.25, 0.3) is 0 Å². The summed E-state index contributed by atoms with van der Waals surface area (Å²) >= 11 is 0. The number of rotatable bonds is 2. The van der Waals surface area contributed by atoms with Gasteiger partial charge in [0.2, 0.25) is 0 Å². The summed E-state index contributed by atoms with van der Waals surface area (Å²) in [4.78, 5) is 0. The molecule has 2 nitrogen and oxygen atoms in total. The molecule has 16 heavy (non-hydrogen) atoms. The first-order valence-electron chi connectivity index (χ1n) is 6.91. The minimum absolute atomic E-state index is 0. The van der Waals surface area contributed by atoms with Crippen molar-refractivity contribution in [2.75, 3.05) is 19.6 Å². The summed E-state index contributed by atoms with van der Waals surface area (Å²) in [5.74, 6) is 0.950. The summed E-state index contributed by atoms with van der Waals surface area (Å²) in [5, 5.41) is 0. The van der Waals surface area contributed by atoms with Gasteiger partial charge in [-0.1, -0.05) is 13.8 Å². The highest BCUT2D eigenvalue weighted by molar-refractivity contribution is 4.90. The summed E-state index contributed by atoms with van der Waals surface area (Å²) in [6.07, 6.45) is 5.93. The van der Waals surface area contributed by atoms with Crippen LogP contribution >= 0.6 is 0 Å². The van der Waals surface area contributed by atoms with Crippen molar-refractivity contribution in [1.82, 2.24) is 0 Å². The van der Waals surface area contributed by atoms with E-state index in [0.717, 1.165) is 12.0 Å². The van der Waals surface area contributed by atoms with E-state index in [1.807, 2.05) is 0 Å². The van der Waals surface area contributed by atoms with Crippen molar-refractivity contribution in [3.8, 4) is 0 Å². The molecule has 0 aromatic carbocycles. The van der Waals surface area contributed by atoms with Crippen LogP contribution in [0.5, 0.6) is 0 Å². The van der Waals surface area contributed by atoms with E-state index < -0.39 is 0 Å². The lowest BCUT2D eigenvalue weighted by atomic mass is 9.69. The quantitative estimate of drug-likeness (QED) is 0.666. The van der Waals surface area contributed by atoms with Crippen molar-refractivity contribution < 1.29 is 9.96 Å². The molecule has 0 radical (unpaired) electrons. The molecule has 96 valence electrons. The van der Waals surface area contributed by atoms with Crippen LogP contribution in [0.25, 0.3) is 0 Å². The highest BCUT2D eigenvalue weighted by Gasteiger charge is 2.49. The zero-order chi connectivity index (χ0) is 11.1. The highest BCUT2D eigenvalue weighted by atomic mass is 16.0. The smallest absolute Gasteiger partial charge is 0.0916 e. The van der Waals surface area contributed by atoms with Crippen molar-refractivity contribution in [3.63, 3.8) is 0 Å². The second kappa shape index (κ2) is 4.66. The van der Waals surface area contributed by atoms with E-state index in [1.54, 1.807) is 0 Å². The van der Waals surface area contributed by atoms with Crippen molar-refractivity contribution in [2.24, 2.45) is 11.3 Å². The van der Waals surface area contributed by atoms with Gasteiger partial charge in [0.15, 0.2) is 0 Å². The van der Waals surface area contributed by atoms with E-state index in [4.69, 9.17) is 0 Å². The number of quaternary nitrogens is 1. The predicted molar refractivity (Wildman–Crippen MR) is 67.7 cm³/mol. The summed E-state index contributed by atoms with van der Waals surface area (Å²) in [6, 6.07) is 0.968. The van der Waals surface area contributed by atoms with E-state index in [-0.39, 0.29) is 5.48 Å². The molecule has 3 aliphatic rings. The lowest BCUT2D eigenvalue weighted by Gasteiger charge is -2.46. The highest BCUT2D eigenvalue weighted by Crippen LogP contribution is 2.48. The van der Waals surface area contributed by atoms with Crippen LogP contribution in [-0.2, 0) is 0 Å². The van der Waals surface area contributed by atoms with Crippen molar-refractivity contribution in [1.29, 1.82) is 0 Å². The molecule has 2 heteroatoms. The third-order valence-corrected chi connectivity index (χ3v) is 5.64. The van der Waals surface area contributed by atoms with Gasteiger partial charge in [-0.15, -0.1) is 0 Å². The SMILES string of the molecule is CC[N+]1(CC)CCC2(C)CCC1C(C)C2.[OH-]. The predicted octanol–water partition coefficient (Wildman–Crippen LogP) is 3.26. The Balaban J connectivity index is 0.00000128.